The molecule has 17 heavy (non-hydrogen) atoms. The van der Waals surface area contributed by atoms with Gasteiger partial charge in [0.2, 0.25) is 5.91 Å². The number of rotatable bonds is 7. The minimum atomic E-state index is -0.0562. The van der Waals surface area contributed by atoms with Crippen molar-refractivity contribution in [1.82, 2.24) is 4.90 Å². The molecule has 0 aliphatic carbocycles. The molecule has 4 heteroatoms. The fraction of sp³-hybridized carbons (Fsp3) is 0.923. The highest BCUT2D eigenvalue weighted by Gasteiger charge is 2.20. The molecule has 1 amide bonds. The van der Waals surface area contributed by atoms with E-state index in [1.165, 1.54) is 4.90 Å². The molecule has 0 spiro atoms. The molecule has 0 heterocycles. The smallest absolute Gasteiger partial charge is 0.222 e. The van der Waals surface area contributed by atoms with Crippen LogP contribution in [-0.4, -0.2) is 47.3 Å². The van der Waals surface area contributed by atoms with Crippen LogP contribution in [0, 0.1) is 11.3 Å². The highest BCUT2D eigenvalue weighted by Crippen LogP contribution is 2.26. The summed E-state index contributed by atoms with van der Waals surface area (Å²) in [7, 11) is 0. The third-order valence-corrected chi connectivity index (χ3v) is 2.58. The molecule has 1 unspecified atom stereocenters. The number of nitrogens with zero attached hydrogens (tertiary/aromatic N) is 1. The van der Waals surface area contributed by atoms with Crippen LogP contribution in [0.4, 0.5) is 0 Å². The number of hydrogen-bond acceptors (Lipinski definition) is 3. The van der Waals surface area contributed by atoms with E-state index in [4.69, 9.17) is 10.2 Å². The fourth-order valence-electron chi connectivity index (χ4n) is 2.15. The molecule has 0 aliphatic rings. The van der Waals surface area contributed by atoms with Gasteiger partial charge < -0.3 is 15.1 Å². The van der Waals surface area contributed by atoms with Crippen molar-refractivity contribution in [2.45, 2.75) is 40.5 Å². The molecule has 0 rings (SSSR count). The van der Waals surface area contributed by atoms with Gasteiger partial charge in [-0.1, -0.05) is 27.7 Å². The third kappa shape index (κ3) is 8.16. The quantitative estimate of drug-likeness (QED) is 0.710. The zero-order valence-electron chi connectivity index (χ0n) is 11.6. The summed E-state index contributed by atoms with van der Waals surface area (Å²) in [5.74, 6) is 0.340. The van der Waals surface area contributed by atoms with Crippen molar-refractivity contribution in [2.75, 3.05) is 26.3 Å². The first-order valence-electron chi connectivity index (χ1n) is 6.29. The number of carbonyl (C=O) groups is 1. The number of aliphatic hydroxyl groups is 2. The van der Waals surface area contributed by atoms with Crippen LogP contribution >= 0.6 is 0 Å². The standard InChI is InChI=1S/C13H27NO3/c1-11(10-13(2,3)4)9-12(17)14(5-7-15)6-8-16/h11,15-16H,5-10H2,1-4H3. The number of amides is 1. The SMILES string of the molecule is CC(CC(=O)N(CCO)CCO)CC(C)(C)C. The van der Waals surface area contributed by atoms with Crippen LogP contribution < -0.4 is 0 Å². The second-order valence-corrected chi connectivity index (χ2v) is 5.90. The molecule has 0 aromatic heterocycles. The lowest BCUT2D eigenvalue weighted by Crippen LogP contribution is -2.36. The van der Waals surface area contributed by atoms with E-state index in [9.17, 15) is 4.79 Å². The topological polar surface area (TPSA) is 60.8 Å². The maximum atomic E-state index is 11.9. The zero-order valence-corrected chi connectivity index (χ0v) is 11.6. The van der Waals surface area contributed by atoms with Crippen molar-refractivity contribution < 1.29 is 15.0 Å². The molecule has 0 aromatic carbocycles. The molecule has 4 nitrogen and oxygen atoms in total. The summed E-state index contributed by atoms with van der Waals surface area (Å²) in [6, 6.07) is 0. The van der Waals surface area contributed by atoms with Crippen molar-refractivity contribution in [2.24, 2.45) is 11.3 Å². The Kier molecular flexibility index (Phi) is 7.39. The molecule has 0 aromatic rings. The molecule has 102 valence electrons. The van der Waals surface area contributed by atoms with Gasteiger partial charge in [-0.25, -0.2) is 0 Å². The summed E-state index contributed by atoms with van der Waals surface area (Å²) in [5.41, 5.74) is 0.221. The first-order valence-corrected chi connectivity index (χ1v) is 6.29. The van der Waals surface area contributed by atoms with E-state index in [0.717, 1.165) is 6.42 Å². The average Bonchev–Trinajstić information content (AvgIpc) is 2.14. The van der Waals surface area contributed by atoms with Gasteiger partial charge in [0.05, 0.1) is 13.2 Å². The Balaban J connectivity index is 4.19. The second-order valence-electron chi connectivity index (χ2n) is 5.90. The van der Waals surface area contributed by atoms with Crippen LogP contribution in [0.2, 0.25) is 0 Å². The van der Waals surface area contributed by atoms with Crippen LogP contribution in [0.25, 0.3) is 0 Å². The lowest BCUT2D eigenvalue weighted by molar-refractivity contribution is -0.133. The van der Waals surface area contributed by atoms with E-state index in [1.807, 2.05) is 0 Å². The predicted octanol–water partition coefficient (Wildman–Crippen LogP) is 1.26. The summed E-state index contributed by atoms with van der Waals surface area (Å²) in [6.45, 7) is 9.05. The molecular formula is C13H27NO3. The van der Waals surface area contributed by atoms with Gasteiger partial charge in [-0.2, -0.15) is 0 Å². The Bertz CT molecular complexity index is 217. The van der Waals surface area contributed by atoms with Crippen LogP contribution in [0.3, 0.4) is 0 Å². The maximum absolute atomic E-state index is 11.9. The van der Waals surface area contributed by atoms with Gasteiger partial charge in [-0.05, 0) is 17.8 Å². The van der Waals surface area contributed by atoms with E-state index in [2.05, 4.69) is 27.7 Å². The Labute approximate surface area is 105 Å². The Hall–Kier alpha value is -0.610. The van der Waals surface area contributed by atoms with Crippen molar-refractivity contribution in [3.05, 3.63) is 0 Å². The van der Waals surface area contributed by atoms with Gasteiger partial charge in [-0.15, -0.1) is 0 Å². The summed E-state index contributed by atoms with van der Waals surface area (Å²) < 4.78 is 0. The van der Waals surface area contributed by atoms with Crippen molar-refractivity contribution in [3.8, 4) is 0 Å². The van der Waals surface area contributed by atoms with Crippen LogP contribution in [0.5, 0.6) is 0 Å². The van der Waals surface area contributed by atoms with Crippen LogP contribution in [-0.2, 0) is 4.79 Å². The van der Waals surface area contributed by atoms with Gasteiger partial charge >= 0.3 is 0 Å². The van der Waals surface area contributed by atoms with Crippen molar-refractivity contribution >= 4 is 5.91 Å². The molecule has 0 saturated heterocycles. The third-order valence-electron chi connectivity index (χ3n) is 2.58. The molecular weight excluding hydrogens is 218 g/mol. The highest BCUT2D eigenvalue weighted by molar-refractivity contribution is 5.76. The lowest BCUT2D eigenvalue weighted by atomic mass is 9.84. The van der Waals surface area contributed by atoms with E-state index >= 15 is 0 Å². The van der Waals surface area contributed by atoms with Gasteiger partial charge in [-0.3, -0.25) is 4.79 Å². The summed E-state index contributed by atoms with van der Waals surface area (Å²) >= 11 is 0. The number of hydrogen-bond donors (Lipinski definition) is 2. The molecule has 2 N–H and O–H groups in total. The van der Waals surface area contributed by atoms with Crippen molar-refractivity contribution in [1.29, 1.82) is 0 Å². The molecule has 0 radical (unpaired) electrons. The zero-order chi connectivity index (χ0) is 13.5. The van der Waals surface area contributed by atoms with Gasteiger partial charge in [0.25, 0.3) is 0 Å². The number of carbonyl (C=O) groups excluding carboxylic acids is 1. The van der Waals surface area contributed by atoms with E-state index in [1.54, 1.807) is 0 Å². The minimum Gasteiger partial charge on any atom is -0.395 e. The monoisotopic (exact) mass is 245 g/mol. The predicted molar refractivity (Wildman–Crippen MR) is 68.6 cm³/mol. The largest absolute Gasteiger partial charge is 0.395 e. The van der Waals surface area contributed by atoms with Gasteiger partial charge in [0.1, 0.15) is 0 Å². The Morgan fingerprint density at radius 3 is 2.00 bits per heavy atom. The normalized spacial score (nSPS) is 13.5. The molecule has 0 bridgehead atoms. The van der Waals surface area contributed by atoms with Gasteiger partial charge in [0.15, 0.2) is 0 Å². The number of aliphatic hydroxyl groups excluding tert-OH is 2. The van der Waals surface area contributed by atoms with E-state index < -0.39 is 0 Å². The molecule has 0 aliphatic heterocycles. The average molecular weight is 245 g/mol. The lowest BCUT2D eigenvalue weighted by Gasteiger charge is -2.26. The first kappa shape index (κ1) is 16.4. The summed E-state index contributed by atoms with van der Waals surface area (Å²) in [4.78, 5) is 13.5. The minimum absolute atomic E-state index is 0.0184. The Morgan fingerprint density at radius 1 is 1.18 bits per heavy atom. The maximum Gasteiger partial charge on any atom is 0.222 e. The summed E-state index contributed by atoms with van der Waals surface area (Å²) in [6.07, 6.45) is 1.47. The van der Waals surface area contributed by atoms with Crippen LogP contribution in [0.15, 0.2) is 0 Å². The van der Waals surface area contributed by atoms with Gasteiger partial charge in [0, 0.05) is 19.5 Å². The highest BCUT2D eigenvalue weighted by atomic mass is 16.3. The summed E-state index contributed by atoms with van der Waals surface area (Å²) in [5, 5.41) is 17.7. The first-order chi connectivity index (χ1) is 7.80. The van der Waals surface area contributed by atoms with E-state index in [0.29, 0.717) is 25.4 Å². The van der Waals surface area contributed by atoms with Crippen molar-refractivity contribution in [3.63, 3.8) is 0 Å². The molecule has 0 fully saturated rings. The molecule has 0 saturated carbocycles. The van der Waals surface area contributed by atoms with E-state index in [-0.39, 0.29) is 24.5 Å². The second kappa shape index (κ2) is 7.67. The molecule has 1 atom stereocenters. The van der Waals surface area contributed by atoms with Crippen LogP contribution in [0.1, 0.15) is 40.5 Å². The fourth-order valence-corrected chi connectivity index (χ4v) is 2.15. The Morgan fingerprint density at radius 2 is 1.65 bits per heavy atom.